The molecule has 0 saturated carbocycles. The van der Waals surface area contributed by atoms with Crippen LogP contribution >= 0.6 is 15.9 Å². The van der Waals surface area contributed by atoms with E-state index in [1.165, 1.54) is 0 Å². The van der Waals surface area contributed by atoms with Crippen molar-refractivity contribution in [2.24, 2.45) is 0 Å². The molecule has 1 atom stereocenters. The summed E-state index contributed by atoms with van der Waals surface area (Å²) in [4.78, 5) is 9.68. The van der Waals surface area contributed by atoms with Gasteiger partial charge in [0.1, 0.15) is 6.61 Å². The lowest BCUT2D eigenvalue weighted by atomic mass is 10.2. The van der Waals surface area contributed by atoms with Gasteiger partial charge in [0.25, 0.3) is 4.45 Å². The Hall–Kier alpha value is -0.200. The molecule has 0 heterocycles. The molecule has 1 unspecified atom stereocenters. The molecule has 11 heavy (non-hydrogen) atoms. The molecular formula is C5H10BrNO4. The average Bonchev–Trinajstić information content (AvgIpc) is 2.00. The van der Waals surface area contributed by atoms with Crippen LogP contribution in [0.2, 0.25) is 0 Å². The first-order chi connectivity index (χ1) is 5.06. The van der Waals surface area contributed by atoms with Crippen LogP contribution < -0.4 is 0 Å². The highest BCUT2D eigenvalue weighted by Crippen LogP contribution is 2.23. The molecule has 0 aromatic carbocycles. The maximum Gasteiger partial charge on any atom is 0.297 e. The van der Waals surface area contributed by atoms with Gasteiger partial charge in [-0.2, -0.15) is 0 Å². The van der Waals surface area contributed by atoms with Crippen LogP contribution in [0.25, 0.3) is 0 Å². The van der Waals surface area contributed by atoms with Crippen molar-refractivity contribution >= 4 is 15.9 Å². The number of halogens is 1. The van der Waals surface area contributed by atoms with Gasteiger partial charge in [-0.1, -0.05) is 0 Å². The topological polar surface area (TPSA) is 83.6 Å². The van der Waals surface area contributed by atoms with Crippen LogP contribution in [0, 0.1) is 10.1 Å². The SMILES string of the molecule is O=[N+]([O-])C(Br)(CO)CCCO. The number of hydrogen-bond donors (Lipinski definition) is 2. The number of rotatable bonds is 5. The molecule has 0 aliphatic rings. The van der Waals surface area contributed by atoms with Gasteiger partial charge in [0.05, 0.1) is 0 Å². The van der Waals surface area contributed by atoms with E-state index < -0.39 is 16.0 Å². The first kappa shape index (κ1) is 10.8. The molecule has 0 aliphatic heterocycles. The summed E-state index contributed by atoms with van der Waals surface area (Å²) in [6.45, 7) is -0.679. The summed E-state index contributed by atoms with van der Waals surface area (Å²) < 4.78 is -1.48. The highest BCUT2D eigenvalue weighted by atomic mass is 79.9. The van der Waals surface area contributed by atoms with Crippen molar-refractivity contribution in [3.05, 3.63) is 10.1 Å². The Balaban J connectivity index is 3.99. The molecule has 6 heteroatoms. The minimum absolute atomic E-state index is 0.110. The van der Waals surface area contributed by atoms with Crippen LogP contribution in [0.5, 0.6) is 0 Å². The number of nitrogens with zero attached hydrogens (tertiary/aromatic N) is 1. The van der Waals surface area contributed by atoms with E-state index in [1.807, 2.05) is 0 Å². The van der Waals surface area contributed by atoms with Gasteiger partial charge in [-0.15, -0.1) is 0 Å². The maximum atomic E-state index is 10.3. The molecule has 0 aromatic rings. The predicted octanol–water partition coefficient (Wildman–Crippen LogP) is 0.119. The second-order valence-electron chi connectivity index (χ2n) is 2.16. The zero-order valence-electron chi connectivity index (χ0n) is 5.86. The van der Waals surface area contributed by atoms with Gasteiger partial charge in [-0.25, -0.2) is 0 Å². The summed E-state index contributed by atoms with van der Waals surface area (Å²) in [5, 5.41) is 27.3. The van der Waals surface area contributed by atoms with Gasteiger partial charge in [-0.05, 0) is 6.42 Å². The average molecular weight is 228 g/mol. The lowest BCUT2D eigenvalue weighted by Gasteiger charge is -2.14. The second kappa shape index (κ2) is 4.63. The van der Waals surface area contributed by atoms with E-state index in [2.05, 4.69) is 15.9 Å². The third-order valence-corrected chi connectivity index (χ3v) is 2.22. The van der Waals surface area contributed by atoms with Crippen molar-refractivity contribution in [2.75, 3.05) is 13.2 Å². The van der Waals surface area contributed by atoms with Crippen molar-refractivity contribution in [3.8, 4) is 0 Å². The van der Waals surface area contributed by atoms with E-state index in [4.69, 9.17) is 10.2 Å². The summed E-state index contributed by atoms with van der Waals surface area (Å²) in [7, 11) is 0. The quantitative estimate of drug-likeness (QED) is 0.303. The molecular weight excluding hydrogens is 218 g/mol. The van der Waals surface area contributed by atoms with Crippen molar-refractivity contribution in [3.63, 3.8) is 0 Å². The summed E-state index contributed by atoms with van der Waals surface area (Å²) in [5.41, 5.74) is 0. The Morgan fingerprint density at radius 2 is 2.09 bits per heavy atom. The van der Waals surface area contributed by atoms with Gasteiger partial charge in [0.2, 0.25) is 0 Å². The highest BCUT2D eigenvalue weighted by Gasteiger charge is 2.37. The molecule has 0 spiro atoms. The fraction of sp³-hybridized carbons (Fsp3) is 1.00. The van der Waals surface area contributed by atoms with E-state index in [0.717, 1.165) is 0 Å². The van der Waals surface area contributed by atoms with E-state index >= 15 is 0 Å². The third kappa shape index (κ3) is 3.13. The smallest absolute Gasteiger partial charge is 0.297 e. The van der Waals surface area contributed by atoms with E-state index in [9.17, 15) is 10.1 Å². The molecule has 0 bridgehead atoms. The Labute approximate surface area is 72.3 Å². The normalized spacial score (nSPS) is 15.9. The predicted molar refractivity (Wildman–Crippen MR) is 42.1 cm³/mol. The number of alkyl halides is 1. The Morgan fingerprint density at radius 3 is 2.36 bits per heavy atom. The van der Waals surface area contributed by atoms with E-state index in [-0.39, 0.29) is 13.0 Å². The fourth-order valence-corrected chi connectivity index (χ4v) is 0.858. The molecule has 0 saturated heterocycles. The molecule has 0 aliphatic carbocycles. The zero-order chi connectivity index (χ0) is 8.91. The van der Waals surface area contributed by atoms with Crippen LogP contribution in [0.15, 0.2) is 0 Å². The highest BCUT2D eigenvalue weighted by molar-refractivity contribution is 9.10. The van der Waals surface area contributed by atoms with Crippen LogP contribution in [0.1, 0.15) is 12.8 Å². The fourth-order valence-electron chi connectivity index (χ4n) is 0.578. The number of aliphatic hydroxyl groups is 2. The van der Waals surface area contributed by atoms with Crippen LogP contribution in [0.4, 0.5) is 0 Å². The summed E-state index contributed by atoms with van der Waals surface area (Å²) >= 11 is 2.79. The molecule has 66 valence electrons. The Bertz CT molecular complexity index is 142. The summed E-state index contributed by atoms with van der Waals surface area (Å²) in [5.74, 6) is 0. The molecule has 2 N–H and O–H groups in total. The lowest BCUT2D eigenvalue weighted by molar-refractivity contribution is -0.540. The van der Waals surface area contributed by atoms with Gasteiger partial charge in [-0.3, -0.25) is 10.1 Å². The van der Waals surface area contributed by atoms with Crippen LogP contribution in [-0.2, 0) is 0 Å². The molecule has 0 rings (SSSR count). The number of hydrogen-bond acceptors (Lipinski definition) is 4. The zero-order valence-corrected chi connectivity index (χ0v) is 7.45. The van der Waals surface area contributed by atoms with Gasteiger partial charge in [0, 0.05) is 33.9 Å². The van der Waals surface area contributed by atoms with Crippen molar-refractivity contribution in [2.45, 2.75) is 17.3 Å². The van der Waals surface area contributed by atoms with E-state index in [1.54, 1.807) is 0 Å². The minimum atomic E-state index is -1.48. The first-order valence-electron chi connectivity index (χ1n) is 3.12. The van der Waals surface area contributed by atoms with Crippen molar-refractivity contribution in [1.29, 1.82) is 0 Å². The monoisotopic (exact) mass is 227 g/mol. The van der Waals surface area contributed by atoms with Crippen LogP contribution in [0.3, 0.4) is 0 Å². The second-order valence-corrected chi connectivity index (χ2v) is 3.64. The molecule has 0 fully saturated rings. The van der Waals surface area contributed by atoms with Gasteiger partial charge < -0.3 is 10.2 Å². The molecule has 5 nitrogen and oxygen atoms in total. The Morgan fingerprint density at radius 1 is 1.55 bits per heavy atom. The molecule has 0 amide bonds. The third-order valence-electron chi connectivity index (χ3n) is 1.29. The van der Waals surface area contributed by atoms with Crippen molar-refractivity contribution < 1.29 is 15.1 Å². The molecule has 0 radical (unpaired) electrons. The minimum Gasteiger partial charge on any atom is -0.396 e. The van der Waals surface area contributed by atoms with E-state index in [0.29, 0.717) is 6.42 Å². The maximum absolute atomic E-state index is 10.3. The van der Waals surface area contributed by atoms with Gasteiger partial charge in [0.15, 0.2) is 0 Å². The molecule has 0 aromatic heterocycles. The van der Waals surface area contributed by atoms with Gasteiger partial charge >= 0.3 is 0 Å². The summed E-state index contributed by atoms with van der Waals surface area (Å²) in [6, 6.07) is 0. The number of aliphatic hydroxyl groups excluding tert-OH is 2. The lowest BCUT2D eigenvalue weighted by Crippen LogP contribution is -2.35. The largest absolute Gasteiger partial charge is 0.396 e. The van der Waals surface area contributed by atoms with Crippen molar-refractivity contribution in [1.82, 2.24) is 0 Å². The summed E-state index contributed by atoms with van der Waals surface area (Å²) in [6.07, 6.45) is 0.416. The Kier molecular flexibility index (Phi) is 4.55. The van der Waals surface area contributed by atoms with Crippen LogP contribution in [-0.4, -0.2) is 32.8 Å². The number of nitro groups is 1. The standard InChI is InChI=1S/C5H10BrNO4/c6-5(4-9,7(10)11)2-1-3-8/h8-9H,1-4H2. The first-order valence-corrected chi connectivity index (χ1v) is 3.91.